The van der Waals surface area contributed by atoms with Gasteiger partial charge in [0.1, 0.15) is 0 Å². The highest BCUT2D eigenvalue weighted by atomic mass is 16.2. The first-order valence-corrected chi connectivity index (χ1v) is 7.84. The molecule has 1 saturated carbocycles. The molecule has 1 aliphatic carbocycles. The lowest BCUT2D eigenvalue weighted by Crippen LogP contribution is -2.38. The van der Waals surface area contributed by atoms with Crippen molar-refractivity contribution >= 4 is 5.91 Å². The van der Waals surface area contributed by atoms with E-state index in [1.165, 1.54) is 19.3 Å². The molecule has 1 amide bonds. The van der Waals surface area contributed by atoms with Crippen molar-refractivity contribution in [2.45, 2.75) is 72.6 Å². The molecule has 0 heterocycles. The number of hydrogen-bond donors (Lipinski definition) is 0. The van der Waals surface area contributed by atoms with E-state index in [0.717, 1.165) is 38.8 Å². The van der Waals surface area contributed by atoms with Crippen molar-refractivity contribution in [1.82, 2.24) is 4.90 Å². The molecule has 1 aliphatic rings. The minimum atomic E-state index is 0.344. The van der Waals surface area contributed by atoms with E-state index in [2.05, 4.69) is 25.3 Å². The molecule has 0 aromatic heterocycles. The second-order valence-corrected chi connectivity index (χ2v) is 4.66. The lowest BCUT2D eigenvalue weighted by Gasteiger charge is -2.28. The summed E-state index contributed by atoms with van der Waals surface area (Å²) in [6.07, 6.45) is 8.25. The van der Waals surface area contributed by atoms with Gasteiger partial charge in [0, 0.05) is 25.6 Å². The van der Waals surface area contributed by atoms with Crippen LogP contribution < -0.4 is 0 Å². The van der Waals surface area contributed by atoms with Gasteiger partial charge in [-0.15, -0.1) is 0 Å². The van der Waals surface area contributed by atoms with Crippen LogP contribution in [0.15, 0.2) is 0 Å². The Morgan fingerprint density at radius 3 is 1.84 bits per heavy atom. The zero-order chi connectivity index (χ0) is 15.1. The highest BCUT2D eigenvalue weighted by molar-refractivity contribution is 5.78. The van der Waals surface area contributed by atoms with Gasteiger partial charge in [0.25, 0.3) is 0 Å². The number of carbonyl (C=O) groups is 1. The Balaban J connectivity index is 0. The van der Waals surface area contributed by atoms with Crippen LogP contribution >= 0.6 is 0 Å². The summed E-state index contributed by atoms with van der Waals surface area (Å²) in [5.41, 5.74) is 0. The van der Waals surface area contributed by atoms with Crippen molar-refractivity contribution in [1.29, 1.82) is 5.26 Å². The lowest BCUT2D eigenvalue weighted by molar-refractivity contribution is -0.136. The highest BCUT2D eigenvalue weighted by Gasteiger charge is 2.24. The molecule has 0 radical (unpaired) electrons. The number of nitriles is 1. The predicted octanol–water partition coefficient (Wildman–Crippen LogP) is 4.38. The first kappa shape index (κ1) is 20.3. The fraction of sp³-hybridized carbons (Fsp3) is 0.875. The first-order valence-electron chi connectivity index (χ1n) is 7.84. The molecule has 3 nitrogen and oxygen atoms in total. The first-order chi connectivity index (χ1) is 9.29. The Morgan fingerprint density at radius 2 is 1.47 bits per heavy atom. The van der Waals surface area contributed by atoms with Gasteiger partial charge in [-0.3, -0.25) is 4.79 Å². The zero-order valence-electron chi connectivity index (χ0n) is 13.3. The standard InChI is InChI=1S/C13H25NO.C2H6.CHN/c1-3-10-14(11-4-2)13(15)12-8-6-5-7-9-12;2*1-2/h12H,3-11H2,1-2H3;1-2H3;1H. The molecule has 0 aliphatic heterocycles. The second kappa shape index (κ2) is 15.0. The third-order valence-corrected chi connectivity index (χ3v) is 3.25. The molecule has 19 heavy (non-hydrogen) atoms. The summed E-state index contributed by atoms with van der Waals surface area (Å²) < 4.78 is 0. The van der Waals surface area contributed by atoms with E-state index in [4.69, 9.17) is 5.26 Å². The van der Waals surface area contributed by atoms with Crippen LogP contribution in [0.4, 0.5) is 0 Å². The number of hydrogen-bond acceptors (Lipinski definition) is 2. The van der Waals surface area contributed by atoms with Crippen molar-refractivity contribution in [3.63, 3.8) is 0 Å². The Kier molecular flexibility index (Phi) is 16.0. The molecule has 3 heteroatoms. The molecule has 0 unspecified atom stereocenters. The lowest BCUT2D eigenvalue weighted by atomic mass is 9.88. The third kappa shape index (κ3) is 8.64. The maximum Gasteiger partial charge on any atom is 0.225 e. The van der Waals surface area contributed by atoms with E-state index >= 15 is 0 Å². The monoisotopic (exact) mass is 268 g/mol. The molecule has 0 aromatic carbocycles. The zero-order valence-corrected chi connectivity index (χ0v) is 13.3. The van der Waals surface area contributed by atoms with Crippen LogP contribution in [0.3, 0.4) is 0 Å². The van der Waals surface area contributed by atoms with Crippen LogP contribution in [-0.2, 0) is 4.79 Å². The van der Waals surface area contributed by atoms with E-state index in [9.17, 15) is 4.79 Å². The summed E-state index contributed by atoms with van der Waals surface area (Å²) in [5, 5.41) is 6.50. The van der Waals surface area contributed by atoms with Gasteiger partial charge in [-0.05, 0) is 25.7 Å². The maximum absolute atomic E-state index is 12.2. The molecule has 1 rings (SSSR count). The number of carbonyl (C=O) groups excluding carboxylic acids is 1. The second-order valence-electron chi connectivity index (χ2n) is 4.66. The van der Waals surface area contributed by atoms with E-state index in [1.54, 1.807) is 0 Å². The summed E-state index contributed by atoms with van der Waals surface area (Å²) >= 11 is 0. The van der Waals surface area contributed by atoms with Crippen LogP contribution in [0.25, 0.3) is 0 Å². The fourth-order valence-corrected chi connectivity index (χ4v) is 2.48. The van der Waals surface area contributed by atoms with Crippen molar-refractivity contribution in [3.8, 4) is 6.57 Å². The average molecular weight is 268 g/mol. The smallest absolute Gasteiger partial charge is 0.225 e. The van der Waals surface area contributed by atoms with Gasteiger partial charge >= 0.3 is 0 Å². The summed E-state index contributed by atoms with van der Waals surface area (Å²) in [5.74, 6) is 0.773. The third-order valence-electron chi connectivity index (χ3n) is 3.25. The summed E-state index contributed by atoms with van der Waals surface area (Å²) in [6, 6.07) is 0. The summed E-state index contributed by atoms with van der Waals surface area (Å²) in [6.45, 7) is 13.7. The SMILES string of the molecule is C#N.CC.CCCN(CCC)C(=O)C1CCCCC1. The van der Waals surface area contributed by atoms with Crippen LogP contribution in [0.5, 0.6) is 0 Å². The van der Waals surface area contributed by atoms with E-state index in [1.807, 2.05) is 13.8 Å². The van der Waals surface area contributed by atoms with E-state index in [0.29, 0.717) is 11.8 Å². The summed E-state index contributed by atoms with van der Waals surface area (Å²) in [4.78, 5) is 14.3. The largest absolute Gasteiger partial charge is 0.342 e. The van der Waals surface area contributed by atoms with Crippen LogP contribution in [0, 0.1) is 17.8 Å². The number of rotatable bonds is 5. The maximum atomic E-state index is 12.2. The fourth-order valence-electron chi connectivity index (χ4n) is 2.48. The quantitative estimate of drug-likeness (QED) is 0.742. The molecule has 0 N–H and O–H groups in total. The topological polar surface area (TPSA) is 44.1 Å². The van der Waals surface area contributed by atoms with Gasteiger partial charge < -0.3 is 4.90 Å². The number of amides is 1. The van der Waals surface area contributed by atoms with Gasteiger partial charge in [0.2, 0.25) is 5.91 Å². The minimum Gasteiger partial charge on any atom is -0.342 e. The van der Waals surface area contributed by atoms with Gasteiger partial charge in [-0.1, -0.05) is 47.0 Å². The molecule has 0 atom stereocenters. The molecule has 112 valence electrons. The Hall–Kier alpha value is -1.04. The van der Waals surface area contributed by atoms with Gasteiger partial charge in [-0.2, -0.15) is 0 Å². The van der Waals surface area contributed by atoms with Crippen LogP contribution in [-0.4, -0.2) is 23.9 Å². The van der Waals surface area contributed by atoms with Crippen LogP contribution in [0.2, 0.25) is 0 Å². The van der Waals surface area contributed by atoms with Crippen molar-refractivity contribution in [2.24, 2.45) is 5.92 Å². The molecule has 0 saturated heterocycles. The Labute approximate surface area is 120 Å². The van der Waals surface area contributed by atoms with Crippen LogP contribution in [0.1, 0.15) is 72.6 Å². The van der Waals surface area contributed by atoms with Gasteiger partial charge in [0.05, 0.1) is 0 Å². The molecule has 1 fully saturated rings. The van der Waals surface area contributed by atoms with Gasteiger partial charge in [0.15, 0.2) is 0 Å². The molecule has 0 aromatic rings. The Morgan fingerprint density at radius 1 is 1.05 bits per heavy atom. The average Bonchev–Trinajstić information content (AvgIpc) is 2.51. The van der Waals surface area contributed by atoms with Crippen molar-refractivity contribution in [3.05, 3.63) is 0 Å². The highest BCUT2D eigenvalue weighted by Crippen LogP contribution is 2.25. The summed E-state index contributed by atoms with van der Waals surface area (Å²) in [7, 11) is 0. The van der Waals surface area contributed by atoms with Gasteiger partial charge in [-0.25, -0.2) is 5.26 Å². The van der Waals surface area contributed by atoms with Crippen molar-refractivity contribution < 1.29 is 4.79 Å². The Bertz CT molecular complexity index is 214. The van der Waals surface area contributed by atoms with Crippen molar-refractivity contribution in [2.75, 3.05) is 13.1 Å². The molecule has 0 bridgehead atoms. The van der Waals surface area contributed by atoms with E-state index < -0.39 is 0 Å². The predicted molar refractivity (Wildman–Crippen MR) is 81.8 cm³/mol. The van der Waals surface area contributed by atoms with E-state index in [-0.39, 0.29) is 0 Å². The molecular weight excluding hydrogens is 236 g/mol. The minimum absolute atomic E-state index is 0.344. The normalized spacial score (nSPS) is 14.4. The molecular formula is C16H32N2O. The number of nitrogens with zero attached hydrogens (tertiary/aromatic N) is 2. The molecule has 0 spiro atoms.